The summed E-state index contributed by atoms with van der Waals surface area (Å²) in [5.74, 6) is -0.824. The quantitative estimate of drug-likeness (QED) is 0.568. The number of ketones is 1. The average Bonchev–Trinajstić information content (AvgIpc) is 2.38. The molecule has 0 spiro atoms. The smallest absolute Gasteiger partial charge is 0.204 e. The number of aliphatic hydroxyl groups is 1. The van der Waals surface area contributed by atoms with Gasteiger partial charge in [-0.25, -0.2) is 0 Å². The van der Waals surface area contributed by atoms with Crippen LogP contribution in [-0.2, 0) is 14.3 Å². The molecule has 0 bridgehead atoms. The van der Waals surface area contributed by atoms with Gasteiger partial charge >= 0.3 is 0 Å². The molecule has 0 fully saturated rings. The molecule has 0 radical (unpaired) electrons. The minimum Gasteiger partial charge on any atom is -0.396 e. The minimum absolute atomic E-state index is 0.115. The molecule has 0 heterocycles. The average molecular weight is 285 g/mol. The molecule has 0 aliphatic heterocycles. The molecular formula is C15H27NO4. The van der Waals surface area contributed by atoms with Crippen molar-refractivity contribution in [3.8, 4) is 0 Å². The van der Waals surface area contributed by atoms with Gasteiger partial charge in [-0.15, -0.1) is 0 Å². The Labute approximate surface area is 121 Å². The van der Waals surface area contributed by atoms with E-state index in [0.717, 1.165) is 5.57 Å². The van der Waals surface area contributed by atoms with Gasteiger partial charge in [0.2, 0.25) is 5.79 Å². The van der Waals surface area contributed by atoms with E-state index in [1.807, 2.05) is 20.8 Å². The van der Waals surface area contributed by atoms with Crippen LogP contribution in [0.4, 0.5) is 0 Å². The number of allylic oxidation sites excluding steroid dienone is 1. The van der Waals surface area contributed by atoms with E-state index in [1.54, 1.807) is 20.3 Å². The Morgan fingerprint density at radius 2 is 2.00 bits per heavy atom. The first-order chi connectivity index (χ1) is 9.30. The summed E-state index contributed by atoms with van der Waals surface area (Å²) in [6.07, 6.45) is 2.76. The first-order valence-electron chi connectivity index (χ1n) is 7.02. The van der Waals surface area contributed by atoms with Gasteiger partial charge in [0.1, 0.15) is 0 Å². The van der Waals surface area contributed by atoms with Crippen LogP contribution in [0.3, 0.4) is 0 Å². The number of nitrogens with one attached hydrogen (secondary N) is 1. The van der Waals surface area contributed by atoms with Gasteiger partial charge in [-0.05, 0) is 24.5 Å². The zero-order valence-corrected chi connectivity index (χ0v) is 13.2. The monoisotopic (exact) mass is 285 g/mol. The second-order valence-corrected chi connectivity index (χ2v) is 6.15. The highest BCUT2D eigenvalue weighted by molar-refractivity contribution is 5.98. The fraction of sp³-hybridized carbons (Fsp3) is 0.800. The molecule has 1 aliphatic rings. The van der Waals surface area contributed by atoms with Crippen molar-refractivity contribution in [3.05, 3.63) is 11.6 Å². The van der Waals surface area contributed by atoms with Crippen molar-refractivity contribution >= 4 is 5.78 Å². The molecule has 0 saturated carbocycles. The van der Waals surface area contributed by atoms with Crippen LogP contribution in [0, 0.1) is 5.41 Å². The second kappa shape index (κ2) is 6.80. The molecule has 1 rings (SSSR count). The van der Waals surface area contributed by atoms with E-state index in [2.05, 4.69) is 5.32 Å². The number of Topliss-reactive ketones (excluding diaryl/α,β-unsaturated/α-hetero) is 1. The number of methoxy groups -OCH3 is 2. The summed E-state index contributed by atoms with van der Waals surface area (Å²) in [4.78, 5) is 12.3. The molecule has 0 aromatic rings. The molecule has 0 aromatic heterocycles. The Balaban J connectivity index is 3.05. The van der Waals surface area contributed by atoms with E-state index in [9.17, 15) is 4.79 Å². The van der Waals surface area contributed by atoms with Gasteiger partial charge in [0.15, 0.2) is 5.78 Å². The summed E-state index contributed by atoms with van der Waals surface area (Å²) in [5, 5.41) is 12.1. The lowest BCUT2D eigenvalue weighted by Crippen LogP contribution is -2.56. The summed E-state index contributed by atoms with van der Waals surface area (Å²) in [6.45, 7) is 6.75. The molecule has 0 amide bonds. The van der Waals surface area contributed by atoms with Crippen LogP contribution in [0.25, 0.3) is 0 Å². The Hall–Kier alpha value is -0.750. The number of ether oxygens (including phenoxy) is 2. The van der Waals surface area contributed by atoms with Gasteiger partial charge < -0.3 is 19.9 Å². The first-order valence-corrected chi connectivity index (χ1v) is 7.02. The van der Waals surface area contributed by atoms with Crippen molar-refractivity contribution in [2.45, 2.75) is 45.4 Å². The lowest BCUT2D eigenvalue weighted by molar-refractivity contribution is -0.195. The van der Waals surface area contributed by atoms with Crippen molar-refractivity contribution < 1.29 is 19.4 Å². The maximum Gasteiger partial charge on any atom is 0.204 e. The predicted molar refractivity (Wildman–Crippen MR) is 77.4 cm³/mol. The SMILES string of the molecule is COC1(OC)C=C(C(C)(C)C)C(=O)CC1NCCCO. The molecular weight excluding hydrogens is 258 g/mol. The maximum absolute atomic E-state index is 12.3. The number of aliphatic hydroxyl groups excluding tert-OH is 1. The second-order valence-electron chi connectivity index (χ2n) is 6.15. The van der Waals surface area contributed by atoms with Crippen LogP contribution >= 0.6 is 0 Å². The van der Waals surface area contributed by atoms with Crippen molar-refractivity contribution in [3.63, 3.8) is 0 Å². The molecule has 1 unspecified atom stereocenters. The van der Waals surface area contributed by atoms with Gasteiger partial charge in [-0.1, -0.05) is 20.8 Å². The molecule has 0 saturated heterocycles. The van der Waals surface area contributed by atoms with Gasteiger partial charge in [0.25, 0.3) is 0 Å². The normalized spacial score (nSPS) is 22.8. The zero-order chi connectivity index (χ0) is 15.4. The van der Waals surface area contributed by atoms with E-state index >= 15 is 0 Å². The van der Waals surface area contributed by atoms with Crippen LogP contribution in [0.1, 0.15) is 33.6 Å². The number of rotatable bonds is 6. The Morgan fingerprint density at radius 3 is 2.45 bits per heavy atom. The highest BCUT2D eigenvalue weighted by atomic mass is 16.7. The Bertz CT molecular complexity index is 367. The minimum atomic E-state index is -0.939. The maximum atomic E-state index is 12.3. The molecule has 1 atom stereocenters. The summed E-state index contributed by atoms with van der Waals surface area (Å²) in [5.41, 5.74) is 0.497. The van der Waals surface area contributed by atoms with Crippen LogP contribution < -0.4 is 5.32 Å². The van der Waals surface area contributed by atoms with E-state index in [0.29, 0.717) is 19.4 Å². The number of carbonyl (C=O) groups excluding carboxylic acids is 1. The summed E-state index contributed by atoms with van der Waals surface area (Å²) in [6, 6.07) is -0.248. The van der Waals surface area contributed by atoms with Gasteiger partial charge in [0.05, 0.1) is 6.04 Å². The van der Waals surface area contributed by atoms with Crippen molar-refractivity contribution in [2.24, 2.45) is 5.41 Å². The lowest BCUT2D eigenvalue weighted by atomic mass is 9.76. The number of hydrogen-bond donors (Lipinski definition) is 2. The van der Waals surface area contributed by atoms with Crippen molar-refractivity contribution in [2.75, 3.05) is 27.4 Å². The standard InChI is InChI=1S/C15H27NO4/c1-14(2,3)11-10-15(19-4,20-5)13(9-12(11)18)16-7-6-8-17/h10,13,16-17H,6-9H2,1-5H3. The third kappa shape index (κ3) is 3.67. The lowest BCUT2D eigenvalue weighted by Gasteiger charge is -2.41. The van der Waals surface area contributed by atoms with E-state index in [1.165, 1.54) is 0 Å². The third-order valence-corrected chi connectivity index (χ3v) is 3.69. The van der Waals surface area contributed by atoms with Crippen LogP contribution in [-0.4, -0.2) is 50.1 Å². The topological polar surface area (TPSA) is 67.8 Å². The molecule has 116 valence electrons. The predicted octanol–water partition coefficient (Wildman–Crippen LogP) is 1.26. The third-order valence-electron chi connectivity index (χ3n) is 3.69. The number of carbonyl (C=O) groups is 1. The van der Waals surface area contributed by atoms with Gasteiger partial charge in [-0.2, -0.15) is 0 Å². The molecule has 20 heavy (non-hydrogen) atoms. The largest absolute Gasteiger partial charge is 0.396 e. The zero-order valence-electron chi connectivity index (χ0n) is 13.2. The van der Waals surface area contributed by atoms with Crippen LogP contribution in [0.15, 0.2) is 11.6 Å². The van der Waals surface area contributed by atoms with Crippen LogP contribution in [0.5, 0.6) is 0 Å². The first kappa shape index (κ1) is 17.3. The van der Waals surface area contributed by atoms with Crippen LogP contribution in [0.2, 0.25) is 0 Å². The summed E-state index contributed by atoms with van der Waals surface area (Å²) < 4.78 is 11.1. The fourth-order valence-corrected chi connectivity index (χ4v) is 2.51. The van der Waals surface area contributed by atoms with Gasteiger partial charge in [0, 0.05) is 32.8 Å². The molecule has 5 nitrogen and oxygen atoms in total. The molecule has 5 heteroatoms. The molecule has 2 N–H and O–H groups in total. The highest BCUT2D eigenvalue weighted by Crippen LogP contribution is 2.36. The summed E-state index contributed by atoms with van der Waals surface area (Å²) >= 11 is 0. The van der Waals surface area contributed by atoms with E-state index in [4.69, 9.17) is 14.6 Å². The molecule has 1 aliphatic carbocycles. The van der Waals surface area contributed by atoms with Crippen molar-refractivity contribution in [1.82, 2.24) is 5.32 Å². The van der Waals surface area contributed by atoms with Gasteiger partial charge in [-0.3, -0.25) is 4.79 Å². The number of hydrogen-bond acceptors (Lipinski definition) is 5. The highest BCUT2D eigenvalue weighted by Gasteiger charge is 2.45. The van der Waals surface area contributed by atoms with E-state index < -0.39 is 5.79 Å². The van der Waals surface area contributed by atoms with Crippen molar-refractivity contribution in [1.29, 1.82) is 0 Å². The fourth-order valence-electron chi connectivity index (χ4n) is 2.51. The summed E-state index contributed by atoms with van der Waals surface area (Å²) in [7, 11) is 3.16. The Morgan fingerprint density at radius 1 is 1.40 bits per heavy atom. The van der Waals surface area contributed by atoms with E-state index in [-0.39, 0.29) is 23.8 Å². The molecule has 0 aromatic carbocycles. The Kier molecular flexibility index (Phi) is 5.89.